The predicted molar refractivity (Wildman–Crippen MR) is 59.6 cm³/mol. The number of benzene rings is 1. The van der Waals surface area contributed by atoms with Crippen molar-refractivity contribution in [3.05, 3.63) is 36.0 Å². The molecule has 0 fully saturated rings. The number of para-hydroxylation sites is 2. The van der Waals surface area contributed by atoms with Crippen LogP contribution in [0.4, 0.5) is 5.82 Å². The molecule has 0 amide bonds. The van der Waals surface area contributed by atoms with Crippen LogP contribution in [0.2, 0.25) is 0 Å². The van der Waals surface area contributed by atoms with E-state index in [1.165, 1.54) is 0 Å². The van der Waals surface area contributed by atoms with Crippen molar-refractivity contribution in [1.82, 2.24) is 14.4 Å². The van der Waals surface area contributed by atoms with Crippen LogP contribution in [0.15, 0.2) is 30.3 Å². The highest BCUT2D eigenvalue weighted by Crippen LogP contribution is 2.17. The number of imidazole rings is 1. The Morgan fingerprint density at radius 3 is 2.87 bits per heavy atom. The van der Waals surface area contributed by atoms with Crippen molar-refractivity contribution >= 4 is 22.6 Å². The van der Waals surface area contributed by atoms with Gasteiger partial charge in [0.05, 0.1) is 11.0 Å². The summed E-state index contributed by atoms with van der Waals surface area (Å²) in [5.41, 5.74) is 8.74. The zero-order valence-electron chi connectivity index (χ0n) is 8.31. The highest BCUT2D eigenvalue weighted by Gasteiger charge is 2.07. The number of hydrogen-bond donors (Lipinski definition) is 1. The third kappa shape index (κ3) is 1.08. The van der Waals surface area contributed by atoms with Gasteiger partial charge in [-0.05, 0) is 19.1 Å². The molecule has 1 aromatic carbocycles. The molecule has 0 aliphatic heterocycles. The maximum Gasteiger partial charge on any atom is 0.237 e. The van der Waals surface area contributed by atoms with Gasteiger partial charge in [0.2, 0.25) is 5.78 Å². The fourth-order valence-electron chi connectivity index (χ4n) is 1.86. The highest BCUT2D eigenvalue weighted by molar-refractivity contribution is 5.80. The average molecular weight is 198 g/mol. The first kappa shape index (κ1) is 8.23. The van der Waals surface area contributed by atoms with Gasteiger partial charge in [0.15, 0.2) is 0 Å². The van der Waals surface area contributed by atoms with E-state index in [9.17, 15) is 0 Å². The van der Waals surface area contributed by atoms with Crippen LogP contribution in [0.5, 0.6) is 0 Å². The van der Waals surface area contributed by atoms with E-state index in [4.69, 9.17) is 5.73 Å². The Labute approximate surface area is 86.4 Å². The minimum atomic E-state index is 0.510. The van der Waals surface area contributed by atoms with Crippen LogP contribution in [0, 0.1) is 6.92 Å². The molecule has 0 unspecified atom stereocenters. The van der Waals surface area contributed by atoms with Gasteiger partial charge >= 0.3 is 0 Å². The molecule has 0 aliphatic carbocycles. The third-order valence-electron chi connectivity index (χ3n) is 2.48. The van der Waals surface area contributed by atoms with E-state index >= 15 is 0 Å². The second-order valence-corrected chi connectivity index (χ2v) is 3.56. The Morgan fingerprint density at radius 2 is 2.00 bits per heavy atom. The molecular formula is C11H10N4. The summed E-state index contributed by atoms with van der Waals surface area (Å²) < 4.78 is 2.01. The molecule has 0 bridgehead atoms. The number of anilines is 1. The van der Waals surface area contributed by atoms with Crippen molar-refractivity contribution in [1.29, 1.82) is 0 Å². The lowest BCUT2D eigenvalue weighted by atomic mass is 10.3. The summed E-state index contributed by atoms with van der Waals surface area (Å²) in [6.07, 6.45) is 0. The smallest absolute Gasteiger partial charge is 0.237 e. The quantitative estimate of drug-likeness (QED) is 0.599. The summed E-state index contributed by atoms with van der Waals surface area (Å²) in [5, 5.41) is 0. The van der Waals surface area contributed by atoms with Crippen LogP contribution in [0.1, 0.15) is 5.69 Å². The van der Waals surface area contributed by atoms with Crippen LogP contribution >= 0.6 is 0 Å². The van der Waals surface area contributed by atoms with E-state index in [2.05, 4.69) is 9.97 Å². The summed E-state index contributed by atoms with van der Waals surface area (Å²) >= 11 is 0. The second kappa shape index (κ2) is 2.70. The third-order valence-corrected chi connectivity index (χ3v) is 2.48. The number of nitrogen functional groups attached to an aromatic ring is 1. The van der Waals surface area contributed by atoms with Gasteiger partial charge in [-0.3, -0.25) is 4.40 Å². The predicted octanol–water partition coefficient (Wildman–Crippen LogP) is 1.77. The lowest BCUT2D eigenvalue weighted by molar-refractivity contribution is 1.07. The normalized spacial score (nSPS) is 11.3. The number of fused-ring (bicyclic) bond motifs is 3. The zero-order chi connectivity index (χ0) is 10.4. The van der Waals surface area contributed by atoms with Crippen molar-refractivity contribution < 1.29 is 0 Å². The number of aromatic nitrogens is 3. The first-order valence-corrected chi connectivity index (χ1v) is 4.76. The van der Waals surface area contributed by atoms with Gasteiger partial charge in [-0.15, -0.1) is 0 Å². The van der Waals surface area contributed by atoms with Crippen LogP contribution in [-0.4, -0.2) is 14.4 Å². The van der Waals surface area contributed by atoms with Gasteiger partial charge in [-0.25, -0.2) is 4.98 Å². The molecule has 74 valence electrons. The summed E-state index contributed by atoms with van der Waals surface area (Å²) in [5.74, 6) is 1.17. The minimum absolute atomic E-state index is 0.510. The fraction of sp³-hybridized carbons (Fsp3) is 0.0909. The molecule has 0 atom stereocenters. The summed E-state index contributed by atoms with van der Waals surface area (Å²) in [6.45, 7) is 2.00. The number of hydrogen-bond acceptors (Lipinski definition) is 3. The zero-order valence-corrected chi connectivity index (χ0v) is 8.31. The number of nitrogens with two attached hydrogens (primary N) is 1. The van der Waals surface area contributed by atoms with Gasteiger partial charge in [0.25, 0.3) is 0 Å². The van der Waals surface area contributed by atoms with Gasteiger partial charge in [0.1, 0.15) is 5.82 Å². The van der Waals surface area contributed by atoms with E-state index in [-0.39, 0.29) is 0 Å². The molecule has 0 saturated carbocycles. The molecule has 2 N–H and O–H groups in total. The molecular weight excluding hydrogens is 188 g/mol. The molecule has 15 heavy (non-hydrogen) atoms. The molecule has 2 aromatic heterocycles. The molecule has 3 aromatic rings. The number of rotatable bonds is 0. The average Bonchev–Trinajstić information content (AvgIpc) is 2.54. The Morgan fingerprint density at radius 1 is 1.20 bits per heavy atom. The molecule has 4 nitrogen and oxygen atoms in total. The molecule has 0 radical (unpaired) electrons. The van der Waals surface area contributed by atoms with E-state index in [0.29, 0.717) is 11.6 Å². The molecule has 0 aliphatic rings. The Balaban J connectivity index is 2.61. The van der Waals surface area contributed by atoms with E-state index in [1.807, 2.05) is 41.7 Å². The monoisotopic (exact) mass is 198 g/mol. The van der Waals surface area contributed by atoms with Crippen LogP contribution < -0.4 is 5.73 Å². The Bertz CT molecular complexity index is 654. The van der Waals surface area contributed by atoms with Crippen molar-refractivity contribution in [2.45, 2.75) is 6.92 Å². The van der Waals surface area contributed by atoms with Gasteiger partial charge in [-0.2, -0.15) is 4.98 Å². The first-order valence-electron chi connectivity index (χ1n) is 4.76. The van der Waals surface area contributed by atoms with E-state index in [0.717, 1.165) is 16.7 Å². The van der Waals surface area contributed by atoms with Crippen molar-refractivity contribution in [3.8, 4) is 0 Å². The topological polar surface area (TPSA) is 56.2 Å². The standard InChI is InChI=1S/C11H10N4/c1-7-6-10(12)14-11-13-8-4-2-3-5-9(8)15(7)11/h2-6H,1H3,(H2,12,13,14). The number of aryl methyl sites for hydroxylation is 1. The van der Waals surface area contributed by atoms with Crippen molar-refractivity contribution in [3.63, 3.8) is 0 Å². The van der Waals surface area contributed by atoms with E-state index in [1.54, 1.807) is 0 Å². The van der Waals surface area contributed by atoms with Crippen molar-refractivity contribution in [2.75, 3.05) is 5.73 Å². The first-order chi connectivity index (χ1) is 7.25. The van der Waals surface area contributed by atoms with Gasteiger partial charge in [-0.1, -0.05) is 12.1 Å². The summed E-state index contributed by atoms with van der Waals surface area (Å²) in [6, 6.07) is 9.81. The molecule has 4 heteroatoms. The van der Waals surface area contributed by atoms with Crippen LogP contribution in [0.25, 0.3) is 16.8 Å². The minimum Gasteiger partial charge on any atom is -0.384 e. The Hall–Kier alpha value is -2.10. The van der Waals surface area contributed by atoms with Crippen LogP contribution in [-0.2, 0) is 0 Å². The lowest BCUT2D eigenvalue weighted by Gasteiger charge is -2.01. The summed E-state index contributed by atoms with van der Waals surface area (Å²) in [4.78, 5) is 8.61. The maximum atomic E-state index is 5.68. The molecule has 0 saturated heterocycles. The summed E-state index contributed by atoms with van der Waals surface area (Å²) in [7, 11) is 0. The maximum absolute atomic E-state index is 5.68. The lowest BCUT2D eigenvalue weighted by Crippen LogP contribution is -1.98. The fourth-order valence-corrected chi connectivity index (χ4v) is 1.86. The molecule has 2 heterocycles. The highest BCUT2D eigenvalue weighted by atomic mass is 15.1. The largest absolute Gasteiger partial charge is 0.384 e. The van der Waals surface area contributed by atoms with E-state index < -0.39 is 0 Å². The Kier molecular flexibility index (Phi) is 1.48. The molecule has 0 spiro atoms. The second-order valence-electron chi connectivity index (χ2n) is 3.56. The van der Waals surface area contributed by atoms with Gasteiger partial charge in [0, 0.05) is 11.8 Å². The van der Waals surface area contributed by atoms with Crippen LogP contribution in [0.3, 0.4) is 0 Å². The number of nitrogens with zero attached hydrogens (tertiary/aromatic N) is 3. The van der Waals surface area contributed by atoms with Gasteiger partial charge < -0.3 is 5.73 Å². The SMILES string of the molecule is Cc1cc(N)nc2nc3ccccc3n12. The molecule has 3 rings (SSSR count). The van der Waals surface area contributed by atoms with Crippen molar-refractivity contribution in [2.24, 2.45) is 0 Å².